The highest BCUT2D eigenvalue weighted by Gasteiger charge is 2.52. The Balaban J connectivity index is 1.37. The molecule has 1 unspecified atom stereocenters. The molecular formula is C37H41Cl2N3O12S. The first-order valence-corrected chi connectivity index (χ1v) is 18.4. The molecule has 0 bridgehead atoms. The smallest absolute Gasteiger partial charge is 0.303 e. The number of aromatic nitrogens is 2. The molecule has 2 N–H and O–H groups in total. The molecule has 2 aliphatic heterocycles. The lowest BCUT2D eigenvalue weighted by Gasteiger charge is -2.44. The van der Waals surface area contributed by atoms with Crippen molar-refractivity contribution in [2.24, 2.45) is 0 Å². The summed E-state index contributed by atoms with van der Waals surface area (Å²) in [5, 5.41) is 13.2. The molecule has 0 spiro atoms. The maximum absolute atomic E-state index is 12.3. The number of halogens is 2. The molecule has 55 heavy (non-hydrogen) atoms. The fraction of sp³-hybridized carbons (Fsp3) is 0.459. The van der Waals surface area contributed by atoms with E-state index in [9.17, 15) is 24.3 Å². The first-order chi connectivity index (χ1) is 26.2. The second kappa shape index (κ2) is 19.1. The molecule has 8 atom stereocenters. The van der Waals surface area contributed by atoms with E-state index < -0.39 is 60.7 Å². The van der Waals surface area contributed by atoms with Crippen molar-refractivity contribution >= 4 is 70.0 Å². The van der Waals surface area contributed by atoms with Crippen molar-refractivity contribution in [2.45, 2.75) is 103 Å². The summed E-state index contributed by atoms with van der Waals surface area (Å²) in [5.74, 6) is -2.80. The third-order valence-electron chi connectivity index (χ3n) is 8.66. The highest BCUT2D eigenvalue weighted by Crippen LogP contribution is 2.39. The number of carbonyl (C=O) groups is 4. The Kier molecular flexibility index (Phi) is 14.6. The Bertz CT molecular complexity index is 1860. The van der Waals surface area contributed by atoms with Gasteiger partial charge in [-0.15, -0.1) is 0 Å². The molecule has 5 rings (SSSR count). The van der Waals surface area contributed by atoms with E-state index in [0.717, 1.165) is 25.0 Å². The lowest BCUT2D eigenvalue weighted by molar-refractivity contribution is -0.252. The van der Waals surface area contributed by atoms with Crippen LogP contribution in [0.1, 0.15) is 69.6 Å². The number of anilines is 1. The van der Waals surface area contributed by atoms with Crippen LogP contribution in [-0.2, 0) is 65.5 Å². The van der Waals surface area contributed by atoms with Gasteiger partial charge in [0.25, 0.3) is 0 Å². The van der Waals surface area contributed by atoms with Gasteiger partial charge in [0.1, 0.15) is 24.0 Å². The Labute approximate surface area is 332 Å². The Morgan fingerprint density at radius 3 is 2.13 bits per heavy atom. The van der Waals surface area contributed by atoms with Crippen molar-refractivity contribution in [2.75, 3.05) is 11.9 Å². The van der Waals surface area contributed by atoms with E-state index in [0.29, 0.717) is 24.2 Å². The molecule has 0 saturated carbocycles. The molecule has 2 aromatic carbocycles. The average Bonchev–Trinajstić information content (AvgIpc) is 3.44. The number of esters is 4. The minimum absolute atomic E-state index is 0.0583. The van der Waals surface area contributed by atoms with Crippen LogP contribution in [0.3, 0.4) is 0 Å². The molecule has 15 nitrogen and oxygen atoms in total. The second-order valence-corrected chi connectivity index (χ2v) is 14.2. The molecule has 2 fully saturated rings. The molecule has 18 heteroatoms. The monoisotopic (exact) mass is 821 g/mol. The number of rotatable bonds is 13. The molecule has 1 aromatic heterocycles. The van der Waals surface area contributed by atoms with Crippen LogP contribution in [0.15, 0.2) is 54.9 Å². The Hall–Kier alpha value is -4.16. The number of hydrogen-bond donors (Lipinski definition) is 2. The first kappa shape index (κ1) is 42.0. The van der Waals surface area contributed by atoms with Crippen molar-refractivity contribution < 1.29 is 57.4 Å². The number of benzene rings is 2. The van der Waals surface area contributed by atoms with Gasteiger partial charge in [-0.25, -0.2) is 4.98 Å². The van der Waals surface area contributed by atoms with E-state index in [2.05, 4.69) is 10.3 Å². The van der Waals surface area contributed by atoms with Crippen molar-refractivity contribution in [3.05, 3.63) is 81.9 Å². The zero-order valence-electron chi connectivity index (χ0n) is 30.3. The highest BCUT2D eigenvalue weighted by molar-refractivity contribution is 7.80. The topological polar surface area (TPSA) is 183 Å². The molecule has 3 aromatic rings. The minimum atomic E-state index is -1.31. The van der Waals surface area contributed by atoms with Gasteiger partial charge in [0.15, 0.2) is 29.8 Å². The number of aliphatic hydroxyl groups excluding tert-OH is 1. The molecule has 0 aliphatic carbocycles. The lowest BCUT2D eigenvalue weighted by atomic mass is 9.92. The number of carbonyl (C=O) groups excluding carboxylic acids is 4. The Morgan fingerprint density at radius 1 is 0.873 bits per heavy atom. The van der Waals surface area contributed by atoms with Gasteiger partial charge >= 0.3 is 23.9 Å². The number of aliphatic hydroxyl groups is 1. The maximum atomic E-state index is 12.3. The van der Waals surface area contributed by atoms with Crippen molar-refractivity contribution in [3.8, 4) is 0 Å². The summed E-state index contributed by atoms with van der Waals surface area (Å²) in [6.45, 7) is 4.58. The average molecular weight is 823 g/mol. The summed E-state index contributed by atoms with van der Waals surface area (Å²) in [6.07, 6.45) is -5.59. The van der Waals surface area contributed by atoms with Crippen LogP contribution in [0.4, 0.5) is 5.69 Å². The summed E-state index contributed by atoms with van der Waals surface area (Å²) in [7, 11) is 0. The normalized spacial score (nSPS) is 25.0. The summed E-state index contributed by atoms with van der Waals surface area (Å²) in [5.41, 5.74) is 2.89. The van der Waals surface area contributed by atoms with E-state index in [-0.39, 0.29) is 47.1 Å². The van der Waals surface area contributed by atoms with Gasteiger partial charge in [0, 0.05) is 51.8 Å². The third-order valence-corrected chi connectivity index (χ3v) is 9.70. The standard InChI is InChI=1S/C37H41Cl2N3O12S/c1-19(44)48-17-30-33(50-21(3)46)34(51-22(4)47)32(49-20(2)45)29(53-30)14-31(55)41-26-7-5-6-25(12-26)37-52-27(15-42-18-40-35(38)36(42)39)13-28(54-37)24-10-8-23(16-43)9-11-24/h5-12,18,27-30,32-34,37,43H,13-17H2,1-4H3,(H,41,55)/t27-,28+,29-,30+,32-,33+,34+,37?/m0/s1. The van der Waals surface area contributed by atoms with Crippen LogP contribution in [0.2, 0.25) is 10.3 Å². The van der Waals surface area contributed by atoms with Crippen molar-refractivity contribution in [1.82, 2.24) is 9.55 Å². The zero-order valence-corrected chi connectivity index (χ0v) is 32.7. The zero-order chi connectivity index (χ0) is 39.8. The van der Waals surface area contributed by atoms with Gasteiger partial charge in [-0.3, -0.25) is 19.2 Å². The van der Waals surface area contributed by atoms with Gasteiger partial charge in [-0.05, 0) is 23.3 Å². The lowest BCUT2D eigenvalue weighted by Crippen LogP contribution is -2.62. The minimum Gasteiger partial charge on any atom is -0.463 e. The van der Waals surface area contributed by atoms with Gasteiger partial charge in [-0.1, -0.05) is 71.8 Å². The summed E-state index contributed by atoms with van der Waals surface area (Å²) in [4.78, 5) is 52.6. The number of hydrogen-bond acceptors (Lipinski definition) is 14. The molecule has 296 valence electrons. The van der Waals surface area contributed by atoms with Crippen LogP contribution in [0.5, 0.6) is 0 Å². The fourth-order valence-corrected chi connectivity index (χ4v) is 6.96. The molecule has 2 saturated heterocycles. The SMILES string of the molecule is CC(=O)OC[C@H]1O[C@@H](CC(=S)Nc2cccc(C3O[C@H](Cn4cnc(Cl)c4Cl)C[C@H](c4ccc(CO)cc4)O3)c2)[C@H](OC(C)=O)[C@@H](OC(C)=O)[C@@H]1OC(C)=O. The molecule has 2 aliphatic rings. The maximum Gasteiger partial charge on any atom is 0.303 e. The molecule has 0 radical (unpaired) electrons. The number of thiocarbonyl (C=S) groups is 1. The fourth-order valence-electron chi connectivity index (χ4n) is 6.36. The van der Waals surface area contributed by atoms with Crippen LogP contribution >= 0.6 is 35.4 Å². The van der Waals surface area contributed by atoms with Gasteiger partial charge < -0.3 is 48.1 Å². The second-order valence-electron chi connectivity index (χ2n) is 12.9. The van der Waals surface area contributed by atoms with Crippen LogP contribution < -0.4 is 5.32 Å². The summed E-state index contributed by atoms with van der Waals surface area (Å²) < 4.78 is 42.6. The van der Waals surface area contributed by atoms with E-state index in [1.807, 2.05) is 30.3 Å². The van der Waals surface area contributed by atoms with Gasteiger partial charge in [0.05, 0.1) is 36.7 Å². The van der Waals surface area contributed by atoms with Crippen molar-refractivity contribution in [1.29, 1.82) is 0 Å². The van der Waals surface area contributed by atoms with Crippen molar-refractivity contribution in [3.63, 3.8) is 0 Å². The predicted molar refractivity (Wildman–Crippen MR) is 200 cm³/mol. The van der Waals surface area contributed by atoms with Crippen LogP contribution in [-0.4, -0.2) is 86.8 Å². The van der Waals surface area contributed by atoms with Gasteiger partial charge in [-0.2, -0.15) is 0 Å². The third kappa shape index (κ3) is 11.4. The van der Waals surface area contributed by atoms with E-state index in [1.54, 1.807) is 29.1 Å². The largest absolute Gasteiger partial charge is 0.463 e. The predicted octanol–water partition coefficient (Wildman–Crippen LogP) is 5.18. The summed E-state index contributed by atoms with van der Waals surface area (Å²) >= 11 is 18.2. The Morgan fingerprint density at radius 2 is 1.53 bits per heavy atom. The quantitative estimate of drug-likeness (QED) is 0.131. The number of nitrogens with one attached hydrogen (secondary N) is 1. The number of ether oxygens (including phenoxy) is 7. The molecular weight excluding hydrogens is 781 g/mol. The number of nitrogens with zero attached hydrogens (tertiary/aromatic N) is 2. The number of imidazole rings is 1. The highest BCUT2D eigenvalue weighted by atomic mass is 35.5. The van der Waals surface area contributed by atoms with Crippen LogP contribution in [0, 0.1) is 0 Å². The van der Waals surface area contributed by atoms with E-state index >= 15 is 0 Å². The molecule has 3 heterocycles. The van der Waals surface area contributed by atoms with E-state index in [1.165, 1.54) is 13.8 Å². The van der Waals surface area contributed by atoms with Gasteiger partial charge in [0.2, 0.25) is 0 Å². The molecule has 0 amide bonds. The van der Waals surface area contributed by atoms with E-state index in [4.69, 9.17) is 68.6 Å². The van der Waals surface area contributed by atoms with Crippen LogP contribution in [0.25, 0.3) is 0 Å². The first-order valence-electron chi connectivity index (χ1n) is 17.3. The summed E-state index contributed by atoms with van der Waals surface area (Å²) in [6, 6.07) is 14.7.